The fraction of sp³-hybridized carbons (Fsp3) is 0.133. The number of thiophene rings is 1. The van der Waals surface area contributed by atoms with Gasteiger partial charge >= 0.3 is 0 Å². The third-order valence-electron chi connectivity index (χ3n) is 2.95. The van der Waals surface area contributed by atoms with Gasteiger partial charge in [-0.1, -0.05) is 17.7 Å². The summed E-state index contributed by atoms with van der Waals surface area (Å²) in [5.41, 5.74) is 1.95. The van der Waals surface area contributed by atoms with Crippen LogP contribution in [0.1, 0.15) is 0 Å². The summed E-state index contributed by atoms with van der Waals surface area (Å²) in [5, 5.41) is 14.1. The predicted molar refractivity (Wildman–Crippen MR) is 89.4 cm³/mol. The fourth-order valence-corrected chi connectivity index (χ4v) is 3.88. The van der Waals surface area contributed by atoms with Gasteiger partial charge in [0.25, 0.3) is 0 Å². The predicted octanol–water partition coefficient (Wildman–Crippen LogP) is 4.16. The molecule has 21 heavy (non-hydrogen) atoms. The molecular weight excluding hydrogens is 324 g/mol. The van der Waals surface area contributed by atoms with Crippen LogP contribution in [0.4, 0.5) is 5.69 Å². The summed E-state index contributed by atoms with van der Waals surface area (Å²) < 4.78 is 2.05. The number of aromatic nitrogens is 1. The molecule has 0 saturated heterocycles. The number of hydrogen-bond acceptors (Lipinski definition) is 4. The third kappa shape index (κ3) is 3.27. The van der Waals surface area contributed by atoms with Crippen LogP contribution in [0.5, 0.6) is 0 Å². The van der Waals surface area contributed by atoms with E-state index < -0.39 is 0 Å². The summed E-state index contributed by atoms with van der Waals surface area (Å²) in [7, 11) is 0. The van der Waals surface area contributed by atoms with Gasteiger partial charge in [-0.25, -0.2) is 4.99 Å². The molecule has 6 heteroatoms. The maximum Gasteiger partial charge on any atom is 0.190 e. The molecule has 1 aromatic carbocycles. The molecule has 3 aromatic rings. The number of aliphatic hydroxyl groups excluding tert-OH is 1. The van der Waals surface area contributed by atoms with Crippen LogP contribution in [-0.2, 0) is 6.54 Å². The molecule has 0 aliphatic carbocycles. The Kier molecular flexibility index (Phi) is 4.55. The van der Waals surface area contributed by atoms with Crippen molar-refractivity contribution in [1.29, 1.82) is 0 Å². The molecule has 0 saturated carbocycles. The Morgan fingerprint density at radius 1 is 1.14 bits per heavy atom. The first-order valence-corrected chi connectivity index (χ1v) is 8.55. The second-order valence-corrected chi connectivity index (χ2v) is 6.56. The van der Waals surface area contributed by atoms with Gasteiger partial charge in [-0.2, -0.15) is 0 Å². The number of rotatable bonds is 4. The first-order chi connectivity index (χ1) is 10.3. The van der Waals surface area contributed by atoms with Gasteiger partial charge in [0.1, 0.15) is 0 Å². The lowest BCUT2D eigenvalue weighted by atomic mass is 10.3. The highest BCUT2D eigenvalue weighted by molar-refractivity contribution is 7.14. The summed E-state index contributed by atoms with van der Waals surface area (Å²) in [4.78, 5) is 6.70. The molecule has 0 atom stereocenters. The summed E-state index contributed by atoms with van der Waals surface area (Å²) in [6.45, 7) is 0.617. The number of benzene rings is 1. The average Bonchev–Trinajstić information content (AvgIpc) is 3.12. The SMILES string of the molecule is OCCn1c(-c2cccs2)csc1=Nc1ccc(Cl)cc1. The van der Waals surface area contributed by atoms with Gasteiger partial charge in [-0.3, -0.25) is 0 Å². The van der Waals surface area contributed by atoms with E-state index in [0.29, 0.717) is 11.6 Å². The molecule has 0 unspecified atom stereocenters. The summed E-state index contributed by atoms with van der Waals surface area (Å²) in [6, 6.07) is 11.5. The van der Waals surface area contributed by atoms with Crippen molar-refractivity contribution < 1.29 is 5.11 Å². The Hall–Kier alpha value is -1.40. The van der Waals surface area contributed by atoms with Crippen LogP contribution in [0.2, 0.25) is 5.02 Å². The van der Waals surface area contributed by atoms with E-state index in [-0.39, 0.29) is 6.61 Å². The monoisotopic (exact) mass is 336 g/mol. The minimum absolute atomic E-state index is 0.0862. The molecule has 0 bridgehead atoms. The van der Waals surface area contributed by atoms with E-state index in [1.807, 2.05) is 40.3 Å². The maximum absolute atomic E-state index is 9.32. The van der Waals surface area contributed by atoms with Crippen molar-refractivity contribution in [3.05, 3.63) is 57.0 Å². The minimum Gasteiger partial charge on any atom is -0.395 e. The van der Waals surface area contributed by atoms with E-state index in [9.17, 15) is 5.11 Å². The zero-order valence-corrected chi connectivity index (χ0v) is 13.5. The first kappa shape index (κ1) is 14.5. The average molecular weight is 337 g/mol. The van der Waals surface area contributed by atoms with Crippen LogP contribution in [0.15, 0.2) is 52.2 Å². The lowest BCUT2D eigenvalue weighted by molar-refractivity contribution is 0.275. The van der Waals surface area contributed by atoms with E-state index in [2.05, 4.69) is 16.4 Å². The topological polar surface area (TPSA) is 37.5 Å². The molecule has 3 nitrogen and oxygen atoms in total. The third-order valence-corrected chi connectivity index (χ3v) is 4.95. The van der Waals surface area contributed by atoms with Crippen molar-refractivity contribution in [1.82, 2.24) is 4.57 Å². The number of halogens is 1. The Balaban J connectivity index is 2.08. The quantitative estimate of drug-likeness (QED) is 0.763. The van der Waals surface area contributed by atoms with Gasteiger partial charge in [0.05, 0.1) is 22.9 Å². The molecule has 1 N–H and O–H groups in total. The van der Waals surface area contributed by atoms with Crippen molar-refractivity contribution in [3.8, 4) is 10.6 Å². The summed E-state index contributed by atoms with van der Waals surface area (Å²) >= 11 is 9.15. The lowest BCUT2D eigenvalue weighted by Crippen LogP contribution is -2.17. The minimum atomic E-state index is 0.0862. The number of hydrogen-bond donors (Lipinski definition) is 1. The number of thiazole rings is 1. The number of aliphatic hydroxyl groups is 1. The highest BCUT2D eigenvalue weighted by Gasteiger charge is 2.08. The van der Waals surface area contributed by atoms with E-state index >= 15 is 0 Å². The molecule has 0 aliphatic heterocycles. The van der Waals surface area contributed by atoms with Crippen LogP contribution >= 0.6 is 34.3 Å². The zero-order valence-electron chi connectivity index (χ0n) is 11.1. The molecule has 0 fully saturated rings. The van der Waals surface area contributed by atoms with Gasteiger partial charge in [-0.15, -0.1) is 22.7 Å². The first-order valence-electron chi connectivity index (χ1n) is 6.41. The van der Waals surface area contributed by atoms with Crippen LogP contribution < -0.4 is 4.80 Å². The van der Waals surface area contributed by atoms with Crippen molar-refractivity contribution in [2.75, 3.05) is 6.61 Å². The standard InChI is InChI=1S/C15H13ClN2OS2/c16-11-3-5-12(6-4-11)17-15-18(7-8-19)13(10-21-15)14-2-1-9-20-14/h1-6,9-10,19H,7-8H2. The molecule has 0 amide bonds. The number of nitrogens with zero attached hydrogens (tertiary/aromatic N) is 2. The highest BCUT2D eigenvalue weighted by atomic mass is 35.5. The Bertz CT molecular complexity index is 773. The van der Waals surface area contributed by atoms with Gasteiger partial charge in [0.2, 0.25) is 0 Å². The Morgan fingerprint density at radius 3 is 2.62 bits per heavy atom. The fourth-order valence-electron chi connectivity index (χ4n) is 1.98. The smallest absolute Gasteiger partial charge is 0.190 e. The molecule has 0 radical (unpaired) electrons. The second-order valence-electron chi connectivity index (χ2n) is 4.34. The summed E-state index contributed by atoms with van der Waals surface area (Å²) in [5.74, 6) is 0. The molecule has 0 aliphatic rings. The summed E-state index contributed by atoms with van der Waals surface area (Å²) in [6.07, 6.45) is 0. The second kappa shape index (κ2) is 6.58. The van der Waals surface area contributed by atoms with Crippen molar-refractivity contribution in [2.24, 2.45) is 4.99 Å². The van der Waals surface area contributed by atoms with E-state index in [1.165, 1.54) is 4.88 Å². The van der Waals surface area contributed by atoms with E-state index in [0.717, 1.165) is 16.2 Å². The maximum atomic E-state index is 9.32. The van der Waals surface area contributed by atoms with E-state index in [1.54, 1.807) is 22.7 Å². The van der Waals surface area contributed by atoms with E-state index in [4.69, 9.17) is 11.6 Å². The molecule has 108 valence electrons. The van der Waals surface area contributed by atoms with Crippen LogP contribution in [-0.4, -0.2) is 16.3 Å². The van der Waals surface area contributed by atoms with Crippen LogP contribution in [0.25, 0.3) is 10.6 Å². The molecule has 2 heterocycles. The van der Waals surface area contributed by atoms with Gasteiger partial charge in [0, 0.05) is 16.9 Å². The normalized spacial score (nSPS) is 12.0. The Labute approximate surface area is 135 Å². The molecule has 2 aromatic heterocycles. The lowest BCUT2D eigenvalue weighted by Gasteiger charge is -2.05. The molecular formula is C15H13ClN2OS2. The van der Waals surface area contributed by atoms with Crippen LogP contribution in [0, 0.1) is 0 Å². The van der Waals surface area contributed by atoms with Crippen molar-refractivity contribution in [3.63, 3.8) is 0 Å². The van der Waals surface area contributed by atoms with Crippen molar-refractivity contribution >= 4 is 40.0 Å². The Morgan fingerprint density at radius 2 is 1.95 bits per heavy atom. The largest absolute Gasteiger partial charge is 0.395 e. The van der Waals surface area contributed by atoms with Crippen LogP contribution in [0.3, 0.4) is 0 Å². The highest BCUT2D eigenvalue weighted by Crippen LogP contribution is 2.25. The molecule has 3 rings (SSSR count). The van der Waals surface area contributed by atoms with Gasteiger partial charge in [0.15, 0.2) is 4.80 Å². The molecule has 0 spiro atoms. The van der Waals surface area contributed by atoms with Crippen molar-refractivity contribution in [2.45, 2.75) is 6.54 Å². The zero-order chi connectivity index (χ0) is 14.7. The van der Waals surface area contributed by atoms with Gasteiger partial charge < -0.3 is 9.67 Å². The van der Waals surface area contributed by atoms with Gasteiger partial charge in [-0.05, 0) is 35.7 Å².